The number of carbonyl (C=O) groups excluding carboxylic acids is 2. The zero-order valence-electron chi connectivity index (χ0n) is 20.3. The highest BCUT2D eigenvalue weighted by molar-refractivity contribution is 6.31. The largest absolute Gasteiger partial charge is 0.491 e. The molecule has 11 heteroatoms. The molecule has 0 bridgehead atoms. The van der Waals surface area contributed by atoms with Gasteiger partial charge in [0.05, 0.1) is 29.4 Å². The number of nitrogens with one attached hydrogen (secondary N) is 2. The second-order valence-electron chi connectivity index (χ2n) is 8.63. The number of nitrogens with zero attached hydrogens (tertiary/aromatic N) is 3. The van der Waals surface area contributed by atoms with Crippen molar-refractivity contribution in [1.82, 2.24) is 14.9 Å². The van der Waals surface area contributed by atoms with Crippen LogP contribution in [0.5, 0.6) is 5.75 Å². The van der Waals surface area contributed by atoms with Crippen molar-refractivity contribution in [3.05, 3.63) is 60.2 Å². The van der Waals surface area contributed by atoms with Crippen molar-refractivity contribution in [1.29, 1.82) is 0 Å². The van der Waals surface area contributed by atoms with E-state index in [1.54, 1.807) is 18.2 Å². The molecule has 0 unspecified atom stereocenters. The maximum absolute atomic E-state index is 13.6. The summed E-state index contributed by atoms with van der Waals surface area (Å²) in [5.41, 5.74) is 1.55. The van der Waals surface area contributed by atoms with Gasteiger partial charge >= 0.3 is 5.97 Å². The average molecular weight is 528 g/mol. The Hall–Kier alpha value is -3.76. The summed E-state index contributed by atoms with van der Waals surface area (Å²) >= 11 is 5.90. The lowest BCUT2D eigenvalue weighted by Gasteiger charge is -2.30. The van der Waals surface area contributed by atoms with Crippen LogP contribution in [0, 0.1) is 5.82 Å². The Morgan fingerprint density at radius 3 is 2.92 bits per heavy atom. The van der Waals surface area contributed by atoms with Crippen LogP contribution in [-0.4, -0.2) is 59.1 Å². The molecule has 3 aromatic rings. The van der Waals surface area contributed by atoms with Gasteiger partial charge in [0, 0.05) is 23.7 Å². The first-order chi connectivity index (χ1) is 17.8. The van der Waals surface area contributed by atoms with Gasteiger partial charge in [-0.2, -0.15) is 0 Å². The molecule has 1 saturated heterocycles. The highest BCUT2D eigenvalue weighted by Crippen LogP contribution is 2.34. The van der Waals surface area contributed by atoms with Crippen molar-refractivity contribution in [2.45, 2.75) is 25.9 Å². The number of benzene rings is 2. The van der Waals surface area contributed by atoms with Crippen LogP contribution >= 0.6 is 11.6 Å². The SMILES string of the molecule is C=CC(=O)Nc1cc2c(Nc3ccc(F)c(Cl)c3)ncnc2cc1OCCCCN1CC(=O)O[C@H](C)C1. The summed E-state index contributed by atoms with van der Waals surface area (Å²) in [6.45, 7) is 7.57. The number of ether oxygens (including phenoxy) is 2. The standard InChI is InChI=1S/C26H27ClFN5O4/c1-3-24(34)32-22-11-18-21(29-15-30-26(18)31-17-6-7-20(28)19(27)10-17)12-23(22)36-9-5-4-8-33-13-16(2)37-25(35)14-33/h3,6-7,10-12,15-16H,1,4-5,8-9,13-14H2,2H3,(H,32,34)(H,29,30,31)/t16-/m1/s1. The van der Waals surface area contributed by atoms with Gasteiger partial charge in [-0.15, -0.1) is 0 Å². The van der Waals surface area contributed by atoms with Crippen molar-refractivity contribution < 1.29 is 23.5 Å². The summed E-state index contributed by atoms with van der Waals surface area (Å²) in [6.07, 6.45) is 4.03. The Kier molecular flexibility index (Phi) is 8.52. The van der Waals surface area contributed by atoms with Crippen LogP contribution in [0.1, 0.15) is 19.8 Å². The van der Waals surface area contributed by atoms with Crippen LogP contribution < -0.4 is 15.4 Å². The number of carbonyl (C=O) groups is 2. The fourth-order valence-electron chi connectivity index (χ4n) is 3.99. The molecule has 37 heavy (non-hydrogen) atoms. The molecule has 1 atom stereocenters. The molecule has 0 spiro atoms. The van der Waals surface area contributed by atoms with Gasteiger partial charge in [0.2, 0.25) is 5.91 Å². The van der Waals surface area contributed by atoms with E-state index in [1.807, 2.05) is 6.92 Å². The van der Waals surface area contributed by atoms with Gasteiger partial charge < -0.3 is 20.1 Å². The summed E-state index contributed by atoms with van der Waals surface area (Å²) in [6, 6.07) is 7.69. The minimum absolute atomic E-state index is 0.0206. The topological polar surface area (TPSA) is 106 Å². The Morgan fingerprint density at radius 2 is 2.16 bits per heavy atom. The fourth-order valence-corrected chi connectivity index (χ4v) is 4.18. The van der Waals surface area contributed by atoms with Gasteiger partial charge in [-0.3, -0.25) is 14.5 Å². The highest BCUT2D eigenvalue weighted by Gasteiger charge is 2.22. The quantitative estimate of drug-likeness (QED) is 0.222. The molecule has 1 fully saturated rings. The third kappa shape index (κ3) is 6.93. The average Bonchev–Trinajstić information content (AvgIpc) is 2.86. The first-order valence-electron chi connectivity index (χ1n) is 11.8. The normalized spacial score (nSPS) is 15.8. The summed E-state index contributed by atoms with van der Waals surface area (Å²) in [7, 11) is 0. The van der Waals surface area contributed by atoms with E-state index in [2.05, 4.69) is 32.1 Å². The van der Waals surface area contributed by atoms with Crippen LogP contribution in [0.4, 0.5) is 21.6 Å². The van der Waals surface area contributed by atoms with Gasteiger partial charge in [-0.25, -0.2) is 14.4 Å². The maximum atomic E-state index is 13.6. The van der Waals surface area contributed by atoms with Crippen LogP contribution in [0.2, 0.25) is 5.02 Å². The number of aromatic nitrogens is 2. The van der Waals surface area contributed by atoms with Gasteiger partial charge in [0.25, 0.3) is 0 Å². The lowest BCUT2D eigenvalue weighted by atomic mass is 10.1. The summed E-state index contributed by atoms with van der Waals surface area (Å²) in [4.78, 5) is 34.4. The van der Waals surface area contributed by atoms with Crippen LogP contribution in [0.3, 0.4) is 0 Å². The van der Waals surface area contributed by atoms with E-state index in [9.17, 15) is 14.0 Å². The molecule has 9 nitrogen and oxygen atoms in total. The lowest BCUT2D eigenvalue weighted by molar-refractivity contribution is -0.157. The van der Waals surface area contributed by atoms with Gasteiger partial charge in [0.1, 0.15) is 29.8 Å². The first kappa shape index (κ1) is 26.3. The minimum atomic E-state index is -0.524. The number of fused-ring (bicyclic) bond motifs is 1. The number of cyclic esters (lactones) is 1. The second-order valence-corrected chi connectivity index (χ2v) is 9.03. The third-order valence-electron chi connectivity index (χ3n) is 5.69. The monoisotopic (exact) mass is 527 g/mol. The summed E-state index contributed by atoms with van der Waals surface area (Å²) in [5.74, 6) is -0.224. The number of anilines is 3. The smallest absolute Gasteiger partial charge is 0.320 e. The Labute approximate surface area is 218 Å². The van der Waals surface area contributed by atoms with Gasteiger partial charge in [0.15, 0.2) is 0 Å². The number of rotatable bonds is 10. The number of hydrogen-bond acceptors (Lipinski definition) is 8. The maximum Gasteiger partial charge on any atom is 0.320 e. The molecule has 2 N–H and O–H groups in total. The zero-order chi connectivity index (χ0) is 26.4. The first-order valence-corrected chi connectivity index (χ1v) is 12.2. The fraction of sp³-hybridized carbons (Fsp3) is 0.308. The van der Waals surface area contributed by atoms with Crippen LogP contribution in [0.15, 0.2) is 49.3 Å². The molecular weight excluding hydrogens is 501 g/mol. The summed E-state index contributed by atoms with van der Waals surface area (Å²) < 4.78 is 24.7. The van der Waals surface area contributed by atoms with E-state index in [1.165, 1.54) is 24.5 Å². The molecule has 0 aliphatic carbocycles. The van der Waals surface area contributed by atoms with Crippen molar-refractivity contribution in [2.75, 3.05) is 36.9 Å². The van der Waals surface area contributed by atoms with Gasteiger partial charge in [-0.1, -0.05) is 18.2 Å². The van der Waals surface area contributed by atoms with E-state index in [0.29, 0.717) is 47.0 Å². The number of hydrogen-bond donors (Lipinski definition) is 2. The molecule has 1 aromatic heterocycles. The zero-order valence-corrected chi connectivity index (χ0v) is 21.1. The molecule has 0 saturated carbocycles. The van der Waals surface area contributed by atoms with E-state index in [-0.39, 0.29) is 17.1 Å². The molecule has 194 valence electrons. The van der Waals surface area contributed by atoms with Gasteiger partial charge in [-0.05, 0) is 56.7 Å². The Balaban J connectivity index is 1.48. The van der Waals surface area contributed by atoms with Crippen LogP contribution in [0.25, 0.3) is 10.9 Å². The Morgan fingerprint density at radius 1 is 1.32 bits per heavy atom. The lowest BCUT2D eigenvalue weighted by Crippen LogP contribution is -2.44. The van der Waals surface area contributed by atoms with Crippen LogP contribution in [-0.2, 0) is 14.3 Å². The van der Waals surface area contributed by atoms with Crippen molar-refractivity contribution in [3.63, 3.8) is 0 Å². The molecule has 1 aliphatic rings. The molecule has 2 aromatic carbocycles. The van der Waals surface area contributed by atoms with Crippen molar-refractivity contribution >= 4 is 51.6 Å². The highest BCUT2D eigenvalue weighted by atomic mass is 35.5. The molecule has 2 heterocycles. The number of morpholine rings is 1. The number of amides is 1. The number of esters is 1. The predicted octanol–water partition coefficient (Wildman–Crippen LogP) is 4.70. The minimum Gasteiger partial charge on any atom is -0.491 e. The molecule has 1 amide bonds. The third-order valence-corrected chi connectivity index (χ3v) is 5.98. The number of unbranched alkanes of at least 4 members (excludes halogenated alkanes) is 1. The molecular formula is C26H27ClFN5O4. The van der Waals surface area contributed by atoms with E-state index in [4.69, 9.17) is 21.1 Å². The van der Waals surface area contributed by atoms with E-state index < -0.39 is 11.7 Å². The predicted molar refractivity (Wildman–Crippen MR) is 140 cm³/mol. The second kappa shape index (κ2) is 12.0. The van der Waals surface area contributed by atoms with E-state index in [0.717, 1.165) is 25.9 Å². The molecule has 0 radical (unpaired) electrons. The Bertz CT molecular complexity index is 1320. The molecule has 1 aliphatic heterocycles. The number of halogens is 2. The summed E-state index contributed by atoms with van der Waals surface area (Å²) in [5, 5.41) is 6.47. The van der Waals surface area contributed by atoms with Crippen molar-refractivity contribution in [3.8, 4) is 5.75 Å². The molecule has 4 rings (SSSR count). The van der Waals surface area contributed by atoms with Crippen molar-refractivity contribution in [2.24, 2.45) is 0 Å². The van der Waals surface area contributed by atoms with E-state index >= 15 is 0 Å².